The minimum absolute atomic E-state index is 1.06. The van der Waals surface area contributed by atoms with Crippen LogP contribution in [0.1, 0.15) is 11.3 Å². The molecule has 0 aliphatic rings. The lowest BCUT2D eigenvalue weighted by Crippen LogP contribution is -2.14. The highest BCUT2D eigenvalue weighted by Gasteiger charge is 2.13. The molecule has 0 saturated carbocycles. The summed E-state index contributed by atoms with van der Waals surface area (Å²) in [5.41, 5.74) is 5.83. The van der Waals surface area contributed by atoms with Crippen LogP contribution in [0.4, 0.5) is 11.4 Å². The summed E-state index contributed by atoms with van der Waals surface area (Å²) >= 11 is 0. The number of benzene rings is 1. The van der Waals surface area contributed by atoms with Crippen molar-refractivity contribution < 1.29 is 0 Å². The van der Waals surface area contributed by atoms with Crippen LogP contribution in [0.15, 0.2) is 18.2 Å². The summed E-state index contributed by atoms with van der Waals surface area (Å²) < 4.78 is 0. The van der Waals surface area contributed by atoms with Crippen molar-refractivity contribution in [1.82, 2.24) is 4.98 Å². The van der Waals surface area contributed by atoms with Gasteiger partial charge in [-0.25, -0.2) is 0 Å². The summed E-state index contributed by atoms with van der Waals surface area (Å²) in [5, 5.41) is 1.23. The lowest BCUT2D eigenvalue weighted by atomic mass is 10.1. The van der Waals surface area contributed by atoms with Crippen molar-refractivity contribution in [3.63, 3.8) is 0 Å². The van der Waals surface area contributed by atoms with Gasteiger partial charge >= 0.3 is 0 Å². The van der Waals surface area contributed by atoms with Gasteiger partial charge < -0.3 is 9.80 Å². The van der Waals surface area contributed by atoms with Gasteiger partial charge in [-0.1, -0.05) is 6.07 Å². The van der Waals surface area contributed by atoms with Crippen molar-refractivity contribution >= 4 is 22.3 Å². The molecule has 0 aliphatic carbocycles. The summed E-state index contributed by atoms with van der Waals surface area (Å²) in [6.07, 6.45) is 0. The Kier molecular flexibility index (Phi) is 3.16. The summed E-state index contributed by atoms with van der Waals surface area (Å²) in [6, 6.07) is 6.46. The van der Waals surface area contributed by atoms with Gasteiger partial charge in [-0.2, -0.15) is 0 Å². The first-order chi connectivity index (χ1) is 8.41. The zero-order chi connectivity index (χ0) is 13.4. The van der Waals surface area contributed by atoms with E-state index in [9.17, 15) is 0 Å². The van der Waals surface area contributed by atoms with E-state index in [0.29, 0.717) is 0 Å². The smallest absolute Gasteiger partial charge is 0.0776 e. The van der Waals surface area contributed by atoms with Crippen LogP contribution < -0.4 is 9.80 Å². The molecule has 0 aliphatic heterocycles. The Labute approximate surface area is 109 Å². The van der Waals surface area contributed by atoms with Gasteiger partial charge in [-0.3, -0.25) is 4.98 Å². The van der Waals surface area contributed by atoms with Crippen LogP contribution in [0.5, 0.6) is 0 Å². The number of aryl methyl sites for hydroxylation is 2. The number of hydrogen-bond donors (Lipinski definition) is 0. The van der Waals surface area contributed by atoms with E-state index in [1.807, 2.05) is 6.92 Å². The molecule has 3 nitrogen and oxygen atoms in total. The number of fused-ring (bicyclic) bond motifs is 1. The van der Waals surface area contributed by atoms with Crippen LogP contribution in [0.2, 0.25) is 0 Å². The highest BCUT2D eigenvalue weighted by molar-refractivity contribution is 6.03. The third kappa shape index (κ3) is 2.01. The van der Waals surface area contributed by atoms with Crippen LogP contribution in [-0.4, -0.2) is 33.2 Å². The number of rotatable bonds is 2. The van der Waals surface area contributed by atoms with Gasteiger partial charge in [-0.15, -0.1) is 0 Å². The molecule has 2 aromatic rings. The highest BCUT2D eigenvalue weighted by atomic mass is 15.1. The number of pyridine rings is 1. The zero-order valence-corrected chi connectivity index (χ0v) is 12.1. The van der Waals surface area contributed by atoms with Crippen LogP contribution in [0.3, 0.4) is 0 Å². The summed E-state index contributed by atoms with van der Waals surface area (Å²) in [6.45, 7) is 4.17. The van der Waals surface area contributed by atoms with Gasteiger partial charge in [0.05, 0.1) is 5.52 Å². The van der Waals surface area contributed by atoms with E-state index in [1.54, 1.807) is 0 Å². The number of hydrogen-bond acceptors (Lipinski definition) is 3. The fourth-order valence-corrected chi connectivity index (χ4v) is 2.29. The third-order valence-corrected chi connectivity index (χ3v) is 3.21. The minimum Gasteiger partial charge on any atom is -0.377 e. The molecule has 0 amide bonds. The van der Waals surface area contributed by atoms with Gasteiger partial charge in [-0.05, 0) is 31.5 Å². The lowest BCUT2D eigenvalue weighted by Gasteiger charge is -2.22. The number of aromatic nitrogens is 1. The van der Waals surface area contributed by atoms with E-state index in [2.05, 4.69) is 63.1 Å². The van der Waals surface area contributed by atoms with Gasteiger partial charge in [0.15, 0.2) is 0 Å². The summed E-state index contributed by atoms with van der Waals surface area (Å²) in [7, 11) is 8.30. The Morgan fingerprint density at radius 3 is 2.06 bits per heavy atom. The molecule has 3 heteroatoms. The molecular formula is C15H21N3. The Bertz CT molecular complexity index is 586. The molecule has 0 unspecified atom stereocenters. The Balaban J connectivity index is 2.94. The van der Waals surface area contributed by atoms with E-state index in [0.717, 1.165) is 11.2 Å². The van der Waals surface area contributed by atoms with E-state index >= 15 is 0 Å². The summed E-state index contributed by atoms with van der Waals surface area (Å²) in [5.74, 6) is 0. The second-order valence-electron chi connectivity index (χ2n) is 5.20. The van der Waals surface area contributed by atoms with Crippen LogP contribution >= 0.6 is 0 Å². The van der Waals surface area contributed by atoms with Crippen LogP contribution in [-0.2, 0) is 0 Å². The van der Waals surface area contributed by atoms with Crippen molar-refractivity contribution in [3.05, 3.63) is 29.5 Å². The molecule has 0 atom stereocenters. The van der Waals surface area contributed by atoms with Gasteiger partial charge in [0.2, 0.25) is 0 Å². The van der Waals surface area contributed by atoms with Crippen LogP contribution in [0.25, 0.3) is 10.9 Å². The van der Waals surface area contributed by atoms with E-state index < -0.39 is 0 Å². The SMILES string of the molecule is Cc1cc(N(C)C)c2c(N(C)C)ccc(C)c2n1. The van der Waals surface area contributed by atoms with Gasteiger partial charge in [0, 0.05) is 50.6 Å². The van der Waals surface area contributed by atoms with E-state index in [1.165, 1.54) is 22.3 Å². The van der Waals surface area contributed by atoms with Crippen molar-refractivity contribution in [2.45, 2.75) is 13.8 Å². The van der Waals surface area contributed by atoms with Gasteiger partial charge in [0.25, 0.3) is 0 Å². The standard InChI is InChI=1S/C15H21N3/c1-10-7-8-12(17(3)4)14-13(18(5)6)9-11(2)16-15(10)14/h7-9H,1-6H3. The second kappa shape index (κ2) is 4.48. The first-order valence-corrected chi connectivity index (χ1v) is 6.17. The Morgan fingerprint density at radius 2 is 1.50 bits per heavy atom. The molecule has 1 heterocycles. The molecule has 0 radical (unpaired) electrons. The first kappa shape index (κ1) is 12.7. The average molecular weight is 243 g/mol. The quantitative estimate of drug-likeness (QED) is 0.808. The van der Waals surface area contributed by atoms with Crippen molar-refractivity contribution in [2.24, 2.45) is 0 Å². The molecule has 0 N–H and O–H groups in total. The predicted octanol–water partition coefficient (Wildman–Crippen LogP) is 2.98. The molecule has 2 rings (SSSR count). The number of nitrogens with zero attached hydrogens (tertiary/aromatic N) is 3. The van der Waals surface area contributed by atoms with Gasteiger partial charge in [0.1, 0.15) is 0 Å². The molecule has 1 aromatic heterocycles. The molecule has 0 saturated heterocycles. The monoisotopic (exact) mass is 243 g/mol. The second-order valence-corrected chi connectivity index (χ2v) is 5.20. The lowest BCUT2D eigenvalue weighted by molar-refractivity contribution is 1.10. The van der Waals surface area contributed by atoms with Crippen molar-refractivity contribution in [1.29, 1.82) is 0 Å². The fourth-order valence-electron chi connectivity index (χ4n) is 2.29. The third-order valence-electron chi connectivity index (χ3n) is 3.21. The first-order valence-electron chi connectivity index (χ1n) is 6.17. The topological polar surface area (TPSA) is 19.4 Å². The van der Waals surface area contributed by atoms with Crippen molar-refractivity contribution in [3.8, 4) is 0 Å². The predicted molar refractivity (Wildman–Crippen MR) is 79.9 cm³/mol. The van der Waals surface area contributed by atoms with E-state index in [4.69, 9.17) is 4.98 Å². The maximum Gasteiger partial charge on any atom is 0.0776 e. The molecule has 0 fully saturated rings. The molecule has 18 heavy (non-hydrogen) atoms. The Hall–Kier alpha value is -1.77. The molecule has 0 bridgehead atoms. The maximum absolute atomic E-state index is 4.71. The fraction of sp³-hybridized carbons (Fsp3) is 0.400. The highest BCUT2D eigenvalue weighted by Crippen LogP contribution is 2.34. The molecule has 96 valence electrons. The maximum atomic E-state index is 4.71. The molecular weight excluding hydrogens is 222 g/mol. The zero-order valence-electron chi connectivity index (χ0n) is 12.1. The average Bonchev–Trinajstić information content (AvgIpc) is 2.28. The number of anilines is 2. The normalized spacial score (nSPS) is 10.8. The van der Waals surface area contributed by atoms with Crippen molar-refractivity contribution in [2.75, 3.05) is 38.0 Å². The minimum atomic E-state index is 1.06. The van der Waals surface area contributed by atoms with E-state index in [-0.39, 0.29) is 0 Å². The molecule has 1 aromatic carbocycles. The largest absolute Gasteiger partial charge is 0.377 e. The molecule has 0 spiro atoms. The summed E-state index contributed by atoms with van der Waals surface area (Å²) in [4.78, 5) is 9.01. The Morgan fingerprint density at radius 1 is 0.889 bits per heavy atom. The van der Waals surface area contributed by atoms with Crippen LogP contribution in [0, 0.1) is 13.8 Å².